The van der Waals surface area contributed by atoms with Crippen molar-refractivity contribution in [3.05, 3.63) is 70.8 Å². The van der Waals surface area contributed by atoms with E-state index in [1.807, 2.05) is 32.0 Å². The summed E-state index contributed by atoms with van der Waals surface area (Å²) in [5.74, 6) is -0.334. The number of aromatic nitrogens is 3. The zero-order chi connectivity index (χ0) is 19.4. The molecule has 1 heterocycles. The third-order valence-corrected chi connectivity index (χ3v) is 5.36. The number of aryl methyl sites for hydroxylation is 1. The first kappa shape index (κ1) is 19.4. The molecule has 2 aromatic carbocycles. The van der Waals surface area contributed by atoms with Crippen molar-refractivity contribution in [2.24, 2.45) is 0 Å². The Balaban J connectivity index is 1.63. The van der Waals surface area contributed by atoms with Crippen molar-refractivity contribution in [3.63, 3.8) is 0 Å². The Kier molecular flexibility index (Phi) is 6.13. The van der Waals surface area contributed by atoms with Crippen LogP contribution in [0.25, 0.3) is 5.69 Å². The number of benzene rings is 2. The summed E-state index contributed by atoms with van der Waals surface area (Å²) in [6.45, 7) is 3.74. The summed E-state index contributed by atoms with van der Waals surface area (Å²) in [6, 6.07) is 11.6. The molecule has 0 unspecified atom stereocenters. The van der Waals surface area contributed by atoms with E-state index in [9.17, 15) is 9.18 Å². The minimum atomic E-state index is -0.326. The van der Waals surface area contributed by atoms with Crippen molar-refractivity contribution < 1.29 is 9.18 Å². The molecule has 0 radical (unpaired) electrons. The third-order valence-electron chi connectivity index (χ3n) is 4.01. The third kappa shape index (κ3) is 4.87. The maximum absolute atomic E-state index is 13.3. The van der Waals surface area contributed by atoms with Crippen LogP contribution in [0.2, 0.25) is 5.02 Å². The molecule has 1 N–H and O–H groups in total. The molecule has 0 saturated carbocycles. The highest BCUT2D eigenvalue weighted by Crippen LogP contribution is 2.24. The van der Waals surface area contributed by atoms with Gasteiger partial charge in [0.15, 0.2) is 5.16 Å². The molecule has 1 amide bonds. The average Bonchev–Trinajstić information content (AvgIpc) is 3.11. The average molecular weight is 405 g/mol. The maximum atomic E-state index is 13.3. The van der Waals surface area contributed by atoms with Crippen molar-refractivity contribution in [3.8, 4) is 5.69 Å². The lowest BCUT2D eigenvalue weighted by molar-refractivity contribution is -0.119. The Hall–Kier alpha value is -2.38. The maximum Gasteiger partial charge on any atom is 0.230 e. The monoisotopic (exact) mass is 404 g/mol. The second-order valence-corrected chi connectivity index (χ2v) is 7.40. The second-order valence-electron chi connectivity index (χ2n) is 6.05. The number of thioether (sulfide) groups is 1. The quantitative estimate of drug-likeness (QED) is 0.621. The predicted octanol–water partition coefficient (Wildman–Crippen LogP) is 4.34. The smallest absolute Gasteiger partial charge is 0.230 e. The first-order chi connectivity index (χ1) is 12.9. The molecular formula is C19H18ClFN4OS. The fraction of sp³-hybridized carbons (Fsp3) is 0.211. The Morgan fingerprint density at radius 2 is 2.15 bits per heavy atom. The van der Waals surface area contributed by atoms with E-state index in [-0.39, 0.29) is 23.5 Å². The van der Waals surface area contributed by atoms with Crippen molar-refractivity contribution >= 4 is 29.3 Å². The van der Waals surface area contributed by atoms with Crippen LogP contribution in [-0.2, 0) is 4.79 Å². The summed E-state index contributed by atoms with van der Waals surface area (Å²) in [5, 5.41) is 12.1. The Labute approximate surface area is 166 Å². The number of nitrogens with one attached hydrogen (secondary N) is 1. The topological polar surface area (TPSA) is 59.8 Å². The van der Waals surface area contributed by atoms with Gasteiger partial charge in [0.05, 0.1) is 17.5 Å². The van der Waals surface area contributed by atoms with Crippen LogP contribution in [0, 0.1) is 12.7 Å². The van der Waals surface area contributed by atoms with Gasteiger partial charge in [0, 0.05) is 5.02 Å². The molecule has 27 heavy (non-hydrogen) atoms. The van der Waals surface area contributed by atoms with Gasteiger partial charge in [-0.3, -0.25) is 9.36 Å². The normalized spacial score (nSPS) is 12.0. The van der Waals surface area contributed by atoms with Crippen LogP contribution in [0.1, 0.15) is 24.1 Å². The van der Waals surface area contributed by atoms with Gasteiger partial charge in [-0.15, -0.1) is 10.2 Å². The second kappa shape index (κ2) is 8.54. The van der Waals surface area contributed by atoms with Crippen LogP contribution in [0.5, 0.6) is 0 Å². The number of nitrogens with zero attached hydrogens (tertiary/aromatic N) is 3. The van der Waals surface area contributed by atoms with E-state index >= 15 is 0 Å². The Morgan fingerprint density at radius 3 is 2.89 bits per heavy atom. The Morgan fingerprint density at radius 1 is 1.33 bits per heavy atom. The summed E-state index contributed by atoms with van der Waals surface area (Å²) in [5.41, 5.74) is 2.52. The molecule has 8 heteroatoms. The molecule has 3 rings (SSSR count). The molecule has 1 aromatic heterocycles. The van der Waals surface area contributed by atoms with Crippen LogP contribution in [0.3, 0.4) is 0 Å². The molecule has 0 aliphatic heterocycles. The fourth-order valence-corrected chi connectivity index (χ4v) is 3.42. The van der Waals surface area contributed by atoms with Gasteiger partial charge in [-0.2, -0.15) is 0 Å². The SMILES string of the molecule is Cc1ccc(-n2cnnc2SCC(=O)N[C@@H](C)c2cccc(F)c2)cc1Cl. The van der Waals surface area contributed by atoms with Gasteiger partial charge in [-0.05, 0) is 49.2 Å². The van der Waals surface area contributed by atoms with Gasteiger partial charge >= 0.3 is 0 Å². The lowest BCUT2D eigenvalue weighted by Gasteiger charge is -2.14. The predicted molar refractivity (Wildman–Crippen MR) is 105 cm³/mol. The van der Waals surface area contributed by atoms with Gasteiger partial charge < -0.3 is 5.32 Å². The van der Waals surface area contributed by atoms with E-state index in [1.54, 1.807) is 23.0 Å². The van der Waals surface area contributed by atoms with Gasteiger partial charge in [-0.1, -0.05) is 41.6 Å². The van der Waals surface area contributed by atoms with Crippen LogP contribution < -0.4 is 5.32 Å². The molecule has 1 atom stereocenters. The number of hydrogen-bond donors (Lipinski definition) is 1. The minimum Gasteiger partial charge on any atom is -0.349 e. The number of amides is 1. The van der Waals surface area contributed by atoms with E-state index in [0.29, 0.717) is 15.7 Å². The van der Waals surface area contributed by atoms with Crippen LogP contribution in [0.15, 0.2) is 53.9 Å². The molecule has 0 spiro atoms. The summed E-state index contributed by atoms with van der Waals surface area (Å²) < 4.78 is 15.1. The van der Waals surface area contributed by atoms with Gasteiger partial charge in [0.1, 0.15) is 12.1 Å². The van der Waals surface area contributed by atoms with E-state index in [4.69, 9.17) is 11.6 Å². The molecule has 5 nitrogen and oxygen atoms in total. The standard InChI is InChI=1S/C19H18ClFN4OS/c1-12-6-7-16(9-17(12)20)25-11-22-24-19(25)27-10-18(26)23-13(2)14-4-3-5-15(21)8-14/h3-9,11,13H,10H2,1-2H3,(H,23,26)/t13-/m0/s1. The van der Waals surface area contributed by atoms with Crippen molar-refractivity contribution in [1.82, 2.24) is 20.1 Å². The van der Waals surface area contributed by atoms with Crippen LogP contribution in [-0.4, -0.2) is 26.4 Å². The number of hydrogen-bond acceptors (Lipinski definition) is 4. The molecule has 140 valence electrons. The van der Waals surface area contributed by atoms with E-state index in [1.165, 1.54) is 23.9 Å². The first-order valence-electron chi connectivity index (χ1n) is 8.28. The molecule has 0 aliphatic carbocycles. The summed E-state index contributed by atoms with van der Waals surface area (Å²) in [7, 11) is 0. The van der Waals surface area contributed by atoms with Crippen LogP contribution in [0.4, 0.5) is 4.39 Å². The van der Waals surface area contributed by atoms with Gasteiger partial charge in [0.25, 0.3) is 0 Å². The number of rotatable bonds is 6. The number of carbonyl (C=O) groups is 1. The molecular weight excluding hydrogens is 387 g/mol. The zero-order valence-electron chi connectivity index (χ0n) is 14.8. The molecule has 0 bridgehead atoms. The van der Waals surface area contributed by atoms with Crippen LogP contribution >= 0.6 is 23.4 Å². The highest BCUT2D eigenvalue weighted by atomic mass is 35.5. The van der Waals surface area contributed by atoms with Crippen molar-refractivity contribution in [2.45, 2.75) is 25.0 Å². The zero-order valence-corrected chi connectivity index (χ0v) is 16.4. The van der Waals surface area contributed by atoms with E-state index in [2.05, 4.69) is 15.5 Å². The number of halogens is 2. The molecule has 3 aromatic rings. The van der Waals surface area contributed by atoms with E-state index < -0.39 is 0 Å². The highest BCUT2D eigenvalue weighted by Gasteiger charge is 2.14. The summed E-state index contributed by atoms with van der Waals surface area (Å²) in [6.07, 6.45) is 1.58. The van der Waals surface area contributed by atoms with E-state index in [0.717, 1.165) is 11.3 Å². The molecule has 0 fully saturated rings. The van der Waals surface area contributed by atoms with Gasteiger partial charge in [-0.25, -0.2) is 4.39 Å². The summed E-state index contributed by atoms with van der Waals surface area (Å²) in [4.78, 5) is 12.2. The minimum absolute atomic E-state index is 0.165. The largest absolute Gasteiger partial charge is 0.349 e. The lowest BCUT2D eigenvalue weighted by Crippen LogP contribution is -2.28. The van der Waals surface area contributed by atoms with Crippen molar-refractivity contribution in [1.29, 1.82) is 0 Å². The number of carbonyl (C=O) groups excluding carboxylic acids is 1. The fourth-order valence-electron chi connectivity index (χ4n) is 2.50. The molecule has 0 aliphatic rings. The lowest BCUT2D eigenvalue weighted by atomic mass is 10.1. The first-order valence-corrected chi connectivity index (χ1v) is 9.64. The molecule has 0 saturated heterocycles. The Bertz CT molecular complexity index is 962. The summed E-state index contributed by atoms with van der Waals surface area (Å²) >= 11 is 7.45. The van der Waals surface area contributed by atoms with Crippen molar-refractivity contribution in [2.75, 3.05) is 5.75 Å². The van der Waals surface area contributed by atoms with Gasteiger partial charge in [0.2, 0.25) is 5.91 Å². The highest BCUT2D eigenvalue weighted by molar-refractivity contribution is 7.99.